The van der Waals surface area contributed by atoms with Crippen molar-refractivity contribution in [1.82, 2.24) is 9.80 Å². The topological polar surface area (TPSA) is 90.3 Å². The molecular formula is C31H42N2O5. The number of phenols is 1. The Kier molecular flexibility index (Phi) is 10.8. The first-order valence-corrected chi connectivity index (χ1v) is 13.9. The number of aliphatic hydroxyl groups excluding tert-OH is 1. The molecule has 206 valence electrons. The quantitative estimate of drug-likeness (QED) is 0.185. The number of hydrogen-bond acceptors (Lipinski definition) is 6. The number of Topliss-reactive ketones (excluding diaryl/α,β-unsaturated/α-hetero) is 1. The molecule has 0 aliphatic carbocycles. The first-order valence-electron chi connectivity index (χ1n) is 13.9. The third-order valence-electron chi connectivity index (χ3n) is 6.99. The highest BCUT2D eigenvalue weighted by atomic mass is 16.5. The number of phenolic OH excluding ortho intramolecular Hbond substituents is 1. The van der Waals surface area contributed by atoms with E-state index in [1.807, 2.05) is 26.0 Å². The minimum absolute atomic E-state index is 0.0198. The van der Waals surface area contributed by atoms with Crippen molar-refractivity contribution in [2.24, 2.45) is 0 Å². The van der Waals surface area contributed by atoms with Crippen molar-refractivity contribution < 1.29 is 24.5 Å². The molecule has 0 bridgehead atoms. The predicted molar refractivity (Wildman–Crippen MR) is 150 cm³/mol. The lowest BCUT2D eigenvalue weighted by Crippen LogP contribution is -2.34. The summed E-state index contributed by atoms with van der Waals surface area (Å²) in [6, 6.07) is 11.3. The number of likely N-dealkylation sites (tertiary alicyclic amines) is 1. The van der Waals surface area contributed by atoms with Crippen LogP contribution in [-0.2, 0) is 9.59 Å². The molecule has 7 nitrogen and oxygen atoms in total. The monoisotopic (exact) mass is 522 g/mol. The van der Waals surface area contributed by atoms with Crippen LogP contribution in [0.4, 0.5) is 0 Å². The van der Waals surface area contributed by atoms with Crippen LogP contribution in [0.5, 0.6) is 11.5 Å². The van der Waals surface area contributed by atoms with E-state index < -0.39 is 17.7 Å². The van der Waals surface area contributed by atoms with Crippen LogP contribution in [0.3, 0.4) is 0 Å². The van der Waals surface area contributed by atoms with Crippen LogP contribution in [0.15, 0.2) is 48.0 Å². The molecule has 2 aromatic rings. The highest BCUT2D eigenvalue weighted by molar-refractivity contribution is 6.46. The molecule has 1 aliphatic rings. The van der Waals surface area contributed by atoms with Crippen molar-refractivity contribution in [2.75, 3.05) is 32.8 Å². The molecule has 2 aromatic carbocycles. The fraction of sp³-hybridized carbons (Fsp3) is 0.484. The molecule has 0 aromatic heterocycles. The molecule has 7 heteroatoms. The van der Waals surface area contributed by atoms with E-state index in [1.54, 1.807) is 29.2 Å². The zero-order valence-corrected chi connectivity index (χ0v) is 23.2. The molecule has 1 aliphatic heterocycles. The normalized spacial score (nSPS) is 17.0. The van der Waals surface area contributed by atoms with E-state index in [4.69, 9.17) is 4.74 Å². The van der Waals surface area contributed by atoms with Crippen LogP contribution in [0.2, 0.25) is 0 Å². The average molecular weight is 523 g/mol. The van der Waals surface area contributed by atoms with Crippen molar-refractivity contribution in [3.05, 3.63) is 64.7 Å². The van der Waals surface area contributed by atoms with Crippen molar-refractivity contribution >= 4 is 17.4 Å². The van der Waals surface area contributed by atoms with Crippen molar-refractivity contribution in [3.8, 4) is 11.5 Å². The van der Waals surface area contributed by atoms with Gasteiger partial charge in [0.1, 0.15) is 5.76 Å². The summed E-state index contributed by atoms with van der Waals surface area (Å²) in [6.45, 7) is 11.7. The van der Waals surface area contributed by atoms with Gasteiger partial charge in [-0.05, 0) is 70.4 Å². The van der Waals surface area contributed by atoms with E-state index in [2.05, 4.69) is 18.7 Å². The first-order chi connectivity index (χ1) is 18.3. The number of aliphatic hydroxyl groups is 1. The van der Waals surface area contributed by atoms with Gasteiger partial charge in [-0.25, -0.2) is 0 Å². The number of hydrogen-bond donors (Lipinski definition) is 2. The molecule has 1 heterocycles. The molecule has 1 unspecified atom stereocenters. The Labute approximate surface area is 226 Å². The number of rotatable bonds is 14. The van der Waals surface area contributed by atoms with Gasteiger partial charge >= 0.3 is 0 Å². The SMILES string of the molecule is CCCCN(CCCC)CCCN1C(=O)C(=O)/C(=C(/O)c2ccc(C)cc2)C1c1ccc(O)c(OCC)c1. The van der Waals surface area contributed by atoms with Crippen molar-refractivity contribution in [1.29, 1.82) is 0 Å². The average Bonchev–Trinajstić information content (AvgIpc) is 3.16. The van der Waals surface area contributed by atoms with Gasteiger partial charge in [-0.3, -0.25) is 9.59 Å². The van der Waals surface area contributed by atoms with Gasteiger partial charge in [0.25, 0.3) is 11.7 Å². The van der Waals surface area contributed by atoms with Crippen LogP contribution in [0.25, 0.3) is 5.76 Å². The molecule has 0 spiro atoms. The summed E-state index contributed by atoms with van der Waals surface area (Å²) < 4.78 is 5.58. The van der Waals surface area contributed by atoms with E-state index in [-0.39, 0.29) is 22.8 Å². The van der Waals surface area contributed by atoms with Crippen LogP contribution in [-0.4, -0.2) is 64.5 Å². The number of carbonyl (C=O) groups is 2. The molecule has 3 rings (SSSR count). The van der Waals surface area contributed by atoms with Gasteiger partial charge in [-0.1, -0.05) is 62.6 Å². The van der Waals surface area contributed by atoms with E-state index >= 15 is 0 Å². The highest BCUT2D eigenvalue weighted by Crippen LogP contribution is 2.41. The van der Waals surface area contributed by atoms with Crippen molar-refractivity contribution in [3.63, 3.8) is 0 Å². The number of aryl methyl sites for hydroxylation is 1. The van der Waals surface area contributed by atoms with Gasteiger partial charge in [0, 0.05) is 12.1 Å². The molecule has 1 atom stereocenters. The lowest BCUT2D eigenvalue weighted by atomic mass is 9.94. The Bertz CT molecular complexity index is 1120. The Morgan fingerprint density at radius 3 is 2.18 bits per heavy atom. The third kappa shape index (κ3) is 6.95. The van der Waals surface area contributed by atoms with Crippen LogP contribution >= 0.6 is 0 Å². The minimum atomic E-state index is -0.782. The number of unbranched alkanes of at least 4 members (excludes halogenated alkanes) is 2. The second-order valence-electron chi connectivity index (χ2n) is 9.92. The van der Waals surface area contributed by atoms with Crippen molar-refractivity contribution in [2.45, 2.75) is 65.8 Å². The molecule has 0 radical (unpaired) electrons. The molecule has 1 fully saturated rings. The lowest BCUT2D eigenvalue weighted by Gasteiger charge is -2.28. The zero-order valence-electron chi connectivity index (χ0n) is 23.2. The van der Waals surface area contributed by atoms with Crippen LogP contribution in [0, 0.1) is 6.92 Å². The number of carbonyl (C=O) groups excluding carboxylic acids is 2. The van der Waals surface area contributed by atoms with Crippen LogP contribution in [0.1, 0.15) is 75.6 Å². The predicted octanol–water partition coefficient (Wildman–Crippen LogP) is 5.81. The maximum absolute atomic E-state index is 13.3. The number of aromatic hydroxyl groups is 1. The number of ether oxygens (including phenoxy) is 1. The Morgan fingerprint density at radius 2 is 1.58 bits per heavy atom. The van der Waals surface area contributed by atoms with Gasteiger partial charge in [0.05, 0.1) is 18.2 Å². The number of benzene rings is 2. The summed E-state index contributed by atoms with van der Waals surface area (Å²) >= 11 is 0. The number of nitrogens with zero attached hydrogens (tertiary/aromatic N) is 2. The maximum atomic E-state index is 13.3. The summed E-state index contributed by atoms with van der Waals surface area (Å²) in [6.07, 6.45) is 5.20. The molecule has 0 saturated carbocycles. The third-order valence-corrected chi connectivity index (χ3v) is 6.99. The summed E-state index contributed by atoms with van der Waals surface area (Å²) in [5.41, 5.74) is 2.16. The highest BCUT2D eigenvalue weighted by Gasteiger charge is 2.46. The van der Waals surface area contributed by atoms with Gasteiger partial charge in [-0.15, -0.1) is 0 Å². The minimum Gasteiger partial charge on any atom is -0.507 e. The standard InChI is InChI=1S/C31H42N2O5/c1-5-8-17-32(18-9-6-2)19-10-20-33-28(24-15-16-25(34)26(21-24)38-7-3)27(30(36)31(33)37)29(35)23-13-11-22(4)12-14-23/h11-16,21,28,34-35H,5-10,17-20H2,1-4H3/b29-27+. The Balaban J connectivity index is 1.98. The maximum Gasteiger partial charge on any atom is 0.295 e. The largest absolute Gasteiger partial charge is 0.507 e. The van der Waals surface area contributed by atoms with Gasteiger partial charge < -0.3 is 24.7 Å². The Morgan fingerprint density at radius 1 is 0.947 bits per heavy atom. The summed E-state index contributed by atoms with van der Waals surface area (Å²) in [4.78, 5) is 30.6. The zero-order chi connectivity index (χ0) is 27.7. The van der Waals surface area contributed by atoms with Crippen LogP contribution < -0.4 is 4.74 Å². The summed E-state index contributed by atoms with van der Waals surface area (Å²) in [7, 11) is 0. The lowest BCUT2D eigenvalue weighted by molar-refractivity contribution is -0.140. The van der Waals surface area contributed by atoms with E-state index in [0.29, 0.717) is 30.7 Å². The smallest absolute Gasteiger partial charge is 0.295 e. The van der Waals surface area contributed by atoms with E-state index in [0.717, 1.165) is 50.9 Å². The summed E-state index contributed by atoms with van der Waals surface area (Å²) in [5.74, 6) is -1.27. The second kappa shape index (κ2) is 14.0. The Hall–Kier alpha value is -3.32. The molecular weight excluding hydrogens is 480 g/mol. The van der Waals surface area contributed by atoms with Gasteiger partial charge in [0.2, 0.25) is 0 Å². The molecule has 1 saturated heterocycles. The fourth-order valence-corrected chi connectivity index (χ4v) is 4.86. The molecule has 2 N–H and O–H groups in total. The van der Waals surface area contributed by atoms with E-state index in [9.17, 15) is 19.8 Å². The second-order valence-corrected chi connectivity index (χ2v) is 9.92. The molecule has 1 amide bonds. The molecule has 38 heavy (non-hydrogen) atoms. The van der Waals surface area contributed by atoms with E-state index in [1.165, 1.54) is 6.07 Å². The summed E-state index contributed by atoms with van der Waals surface area (Å²) in [5, 5.41) is 21.5. The fourth-order valence-electron chi connectivity index (χ4n) is 4.86. The number of amides is 1. The van der Waals surface area contributed by atoms with Gasteiger partial charge in [-0.2, -0.15) is 0 Å². The van der Waals surface area contributed by atoms with Gasteiger partial charge in [0.15, 0.2) is 11.5 Å². The number of ketones is 1. The first kappa shape index (κ1) is 29.2.